The van der Waals surface area contributed by atoms with Crippen molar-refractivity contribution in [3.63, 3.8) is 0 Å². The second-order valence-corrected chi connectivity index (χ2v) is 4.21. The molecule has 2 atom stereocenters. The van der Waals surface area contributed by atoms with Gasteiger partial charge in [0.05, 0.1) is 0 Å². The van der Waals surface area contributed by atoms with E-state index in [1.807, 2.05) is 0 Å². The molecule has 0 aliphatic heterocycles. The summed E-state index contributed by atoms with van der Waals surface area (Å²) < 4.78 is 25.8. The molecule has 15 heavy (non-hydrogen) atoms. The highest BCUT2D eigenvalue weighted by atomic mass is 19.2. The highest BCUT2D eigenvalue weighted by molar-refractivity contribution is 5.23. The standard InChI is InChI=1S/C12H15F2N/c13-11-5-4-8(6-12(11)14)10-3-1-2-9(10)7-15/h4-6,9-10H,1-3,7,15H2. The van der Waals surface area contributed by atoms with Crippen LogP contribution in [0.25, 0.3) is 0 Å². The van der Waals surface area contributed by atoms with Gasteiger partial charge >= 0.3 is 0 Å². The van der Waals surface area contributed by atoms with Crippen LogP contribution in [-0.4, -0.2) is 6.54 Å². The molecule has 0 radical (unpaired) electrons. The van der Waals surface area contributed by atoms with Crippen LogP contribution >= 0.6 is 0 Å². The molecule has 1 aliphatic carbocycles. The Morgan fingerprint density at radius 2 is 2.00 bits per heavy atom. The highest BCUT2D eigenvalue weighted by Crippen LogP contribution is 2.39. The van der Waals surface area contributed by atoms with Gasteiger partial charge in [-0.05, 0) is 48.9 Å². The lowest BCUT2D eigenvalue weighted by molar-refractivity contribution is 0.480. The van der Waals surface area contributed by atoms with Crippen LogP contribution in [-0.2, 0) is 0 Å². The van der Waals surface area contributed by atoms with Crippen molar-refractivity contribution in [1.82, 2.24) is 0 Å². The first-order chi connectivity index (χ1) is 7.22. The van der Waals surface area contributed by atoms with E-state index in [0.29, 0.717) is 18.4 Å². The molecule has 2 N–H and O–H groups in total. The maximum atomic E-state index is 13.1. The van der Waals surface area contributed by atoms with E-state index in [2.05, 4.69) is 0 Å². The van der Waals surface area contributed by atoms with Gasteiger partial charge in [0, 0.05) is 0 Å². The van der Waals surface area contributed by atoms with E-state index in [9.17, 15) is 8.78 Å². The fourth-order valence-corrected chi connectivity index (χ4v) is 2.50. The second-order valence-electron chi connectivity index (χ2n) is 4.21. The summed E-state index contributed by atoms with van der Waals surface area (Å²) in [7, 11) is 0. The smallest absolute Gasteiger partial charge is 0.159 e. The zero-order valence-electron chi connectivity index (χ0n) is 8.55. The summed E-state index contributed by atoms with van der Waals surface area (Å²) >= 11 is 0. The lowest BCUT2D eigenvalue weighted by Gasteiger charge is -2.18. The fourth-order valence-electron chi connectivity index (χ4n) is 2.50. The molecule has 0 spiro atoms. The van der Waals surface area contributed by atoms with Crippen molar-refractivity contribution >= 4 is 0 Å². The summed E-state index contributed by atoms with van der Waals surface area (Å²) in [5.41, 5.74) is 6.55. The molecule has 3 heteroatoms. The number of hydrogen-bond donors (Lipinski definition) is 1. The quantitative estimate of drug-likeness (QED) is 0.799. The molecule has 2 rings (SSSR count). The average Bonchev–Trinajstić information content (AvgIpc) is 2.70. The summed E-state index contributed by atoms with van der Waals surface area (Å²) in [5, 5.41) is 0. The third-order valence-electron chi connectivity index (χ3n) is 3.33. The van der Waals surface area contributed by atoms with Crippen molar-refractivity contribution in [2.75, 3.05) is 6.54 Å². The largest absolute Gasteiger partial charge is 0.330 e. The summed E-state index contributed by atoms with van der Waals surface area (Å²) in [6.07, 6.45) is 3.26. The van der Waals surface area contributed by atoms with Crippen molar-refractivity contribution in [2.45, 2.75) is 25.2 Å². The van der Waals surface area contributed by atoms with Gasteiger partial charge < -0.3 is 5.73 Å². The predicted octanol–water partition coefficient (Wildman–Crippen LogP) is 2.81. The monoisotopic (exact) mass is 211 g/mol. The van der Waals surface area contributed by atoms with Gasteiger partial charge in [-0.1, -0.05) is 12.5 Å². The Bertz CT molecular complexity index is 351. The Balaban J connectivity index is 2.25. The van der Waals surface area contributed by atoms with Crippen molar-refractivity contribution in [2.24, 2.45) is 11.7 Å². The van der Waals surface area contributed by atoms with Crippen LogP contribution in [0.3, 0.4) is 0 Å². The van der Waals surface area contributed by atoms with Crippen LogP contribution in [0.2, 0.25) is 0 Å². The van der Waals surface area contributed by atoms with E-state index in [4.69, 9.17) is 5.73 Å². The van der Waals surface area contributed by atoms with Crippen LogP contribution in [0, 0.1) is 17.6 Å². The predicted molar refractivity (Wildman–Crippen MR) is 55.5 cm³/mol. The van der Waals surface area contributed by atoms with Crippen molar-refractivity contribution in [1.29, 1.82) is 0 Å². The topological polar surface area (TPSA) is 26.0 Å². The molecule has 1 fully saturated rings. The first-order valence-corrected chi connectivity index (χ1v) is 5.37. The summed E-state index contributed by atoms with van der Waals surface area (Å²) in [6.45, 7) is 0.629. The Kier molecular flexibility index (Phi) is 3.00. The lowest BCUT2D eigenvalue weighted by Crippen LogP contribution is -2.17. The Hall–Kier alpha value is -0.960. The first kappa shape index (κ1) is 10.6. The summed E-state index contributed by atoms with van der Waals surface area (Å²) in [4.78, 5) is 0. The minimum Gasteiger partial charge on any atom is -0.330 e. The molecule has 1 nitrogen and oxygen atoms in total. The van der Waals surface area contributed by atoms with Gasteiger partial charge in [0.25, 0.3) is 0 Å². The Labute approximate surface area is 88.3 Å². The molecule has 0 saturated heterocycles. The van der Waals surface area contributed by atoms with E-state index in [1.54, 1.807) is 6.07 Å². The Morgan fingerprint density at radius 3 is 2.67 bits per heavy atom. The molecule has 0 amide bonds. The van der Waals surface area contributed by atoms with Crippen LogP contribution in [0.4, 0.5) is 8.78 Å². The number of hydrogen-bond acceptors (Lipinski definition) is 1. The number of benzene rings is 1. The van der Waals surface area contributed by atoms with Gasteiger partial charge in [-0.3, -0.25) is 0 Å². The van der Waals surface area contributed by atoms with Crippen LogP contribution in [0.15, 0.2) is 18.2 Å². The molecule has 1 aliphatic rings. The van der Waals surface area contributed by atoms with Gasteiger partial charge in [-0.15, -0.1) is 0 Å². The van der Waals surface area contributed by atoms with Crippen LogP contribution < -0.4 is 5.73 Å². The van der Waals surface area contributed by atoms with E-state index in [1.165, 1.54) is 12.1 Å². The van der Waals surface area contributed by atoms with Crippen molar-refractivity contribution < 1.29 is 8.78 Å². The van der Waals surface area contributed by atoms with Crippen molar-refractivity contribution in [3.05, 3.63) is 35.4 Å². The minimum atomic E-state index is -0.777. The van der Waals surface area contributed by atoms with E-state index >= 15 is 0 Å². The number of nitrogens with two attached hydrogens (primary N) is 1. The molecular formula is C12H15F2N. The molecule has 0 heterocycles. The van der Waals surface area contributed by atoms with Gasteiger partial charge in [0.1, 0.15) is 0 Å². The molecular weight excluding hydrogens is 196 g/mol. The van der Waals surface area contributed by atoms with Gasteiger partial charge in [0.2, 0.25) is 0 Å². The Morgan fingerprint density at radius 1 is 1.20 bits per heavy atom. The maximum Gasteiger partial charge on any atom is 0.159 e. The average molecular weight is 211 g/mol. The van der Waals surface area contributed by atoms with Gasteiger partial charge in [-0.2, -0.15) is 0 Å². The maximum absolute atomic E-state index is 13.1. The van der Waals surface area contributed by atoms with Gasteiger partial charge in [-0.25, -0.2) is 8.78 Å². The zero-order chi connectivity index (χ0) is 10.8. The summed E-state index contributed by atoms with van der Waals surface area (Å²) in [6, 6.07) is 4.20. The molecule has 1 aromatic carbocycles. The molecule has 0 aromatic heterocycles. The second kappa shape index (κ2) is 4.27. The SMILES string of the molecule is NCC1CCCC1c1ccc(F)c(F)c1. The van der Waals surface area contributed by atoms with Crippen molar-refractivity contribution in [3.8, 4) is 0 Å². The number of rotatable bonds is 2. The highest BCUT2D eigenvalue weighted by Gasteiger charge is 2.27. The van der Waals surface area contributed by atoms with E-state index < -0.39 is 11.6 Å². The third-order valence-corrected chi connectivity index (χ3v) is 3.33. The zero-order valence-corrected chi connectivity index (χ0v) is 8.55. The van der Waals surface area contributed by atoms with Crippen LogP contribution in [0.5, 0.6) is 0 Å². The first-order valence-electron chi connectivity index (χ1n) is 5.37. The lowest BCUT2D eigenvalue weighted by atomic mass is 9.89. The fraction of sp³-hybridized carbons (Fsp3) is 0.500. The molecule has 1 aromatic rings. The molecule has 82 valence electrons. The summed E-state index contributed by atoms with van der Waals surface area (Å²) in [5.74, 6) is -0.795. The third kappa shape index (κ3) is 2.02. The molecule has 1 saturated carbocycles. The van der Waals surface area contributed by atoms with E-state index in [-0.39, 0.29) is 0 Å². The van der Waals surface area contributed by atoms with Gasteiger partial charge in [0.15, 0.2) is 11.6 Å². The normalized spacial score (nSPS) is 25.8. The molecule has 2 unspecified atom stereocenters. The molecule has 0 bridgehead atoms. The van der Waals surface area contributed by atoms with Crippen LogP contribution in [0.1, 0.15) is 30.7 Å². The minimum absolute atomic E-state index is 0.310. The number of halogens is 2. The van der Waals surface area contributed by atoms with E-state index in [0.717, 1.165) is 24.8 Å².